The van der Waals surface area contributed by atoms with Crippen LogP contribution in [0.15, 0.2) is 36.9 Å². The van der Waals surface area contributed by atoms with Crippen LogP contribution in [0.2, 0.25) is 19.6 Å². The Labute approximate surface area is 107 Å². The third-order valence-corrected chi connectivity index (χ3v) is 5.06. The summed E-state index contributed by atoms with van der Waals surface area (Å²) in [5, 5.41) is 5.03. The molecule has 0 aliphatic rings. The quantitative estimate of drug-likeness (QED) is 0.601. The standard InChI is InChI=1S/C15H25NSi/c1-6-7-13(2)16-12-14-8-10-15(11-9-14)17(3,4)5/h6,8-11,13,16H,1,7,12H2,2-5H3. The van der Waals surface area contributed by atoms with Gasteiger partial charge in [0.1, 0.15) is 0 Å². The van der Waals surface area contributed by atoms with Gasteiger partial charge in [0.25, 0.3) is 0 Å². The van der Waals surface area contributed by atoms with Gasteiger partial charge in [0.15, 0.2) is 0 Å². The molecule has 0 amide bonds. The molecule has 1 aromatic carbocycles. The normalized spacial score (nSPS) is 13.4. The van der Waals surface area contributed by atoms with Gasteiger partial charge in [0.2, 0.25) is 0 Å². The molecule has 0 aliphatic heterocycles. The molecule has 0 bridgehead atoms. The molecule has 0 saturated heterocycles. The fourth-order valence-electron chi connectivity index (χ4n) is 1.75. The summed E-state index contributed by atoms with van der Waals surface area (Å²) in [5.74, 6) is 0. The van der Waals surface area contributed by atoms with Crippen LogP contribution in [-0.4, -0.2) is 14.1 Å². The van der Waals surface area contributed by atoms with Gasteiger partial charge in [-0.1, -0.05) is 55.2 Å². The molecule has 1 unspecified atom stereocenters. The molecule has 0 radical (unpaired) electrons. The van der Waals surface area contributed by atoms with Gasteiger partial charge in [-0.25, -0.2) is 0 Å². The van der Waals surface area contributed by atoms with Gasteiger partial charge >= 0.3 is 0 Å². The van der Waals surface area contributed by atoms with E-state index in [1.54, 1.807) is 0 Å². The van der Waals surface area contributed by atoms with Crippen molar-refractivity contribution in [3.8, 4) is 0 Å². The first-order valence-electron chi connectivity index (χ1n) is 6.37. The maximum absolute atomic E-state index is 3.76. The second kappa shape index (κ2) is 6.17. The fraction of sp³-hybridized carbons (Fsp3) is 0.467. The lowest BCUT2D eigenvalue weighted by Gasteiger charge is -2.17. The Morgan fingerprint density at radius 2 is 1.82 bits per heavy atom. The fourth-order valence-corrected chi connectivity index (χ4v) is 2.91. The summed E-state index contributed by atoms with van der Waals surface area (Å²) in [5.41, 5.74) is 1.36. The Hall–Kier alpha value is -0.863. The summed E-state index contributed by atoms with van der Waals surface area (Å²) in [6.45, 7) is 14.0. The zero-order valence-electron chi connectivity index (χ0n) is 11.6. The minimum Gasteiger partial charge on any atom is -0.310 e. The van der Waals surface area contributed by atoms with E-state index in [1.807, 2.05) is 6.08 Å². The van der Waals surface area contributed by atoms with Gasteiger partial charge in [-0.15, -0.1) is 6.58 Å². The van der Waals surface area contributed by atoms with E-state index in [0.717, 1.165) is 13.0 Å². The molecule has 1 nitrogen and oxygen atoms in total. The van der Waals surface area contributed by atoms with Crippen molar-refractivity contribution < 1.29 is 0 Å². The summed E-state index contributed by atoms with van der Waals surface area (Å²) >= 11 is 0. The van der Waals surface area contributed by atoms with Crippen LogP contribution in [0.3, 0.4) is 0 Å². The van der Waals surface area contributed by atoms with Crippen molar-refractivity contribution in [3.63, 3.8) is 0 Å². The maximum atomic E-state index is 3.76. The lowest BCUT2D eigenvalue weighted by atomic mass is 10.2. The van der Waals surface area contributed by atoms with Crippen LogP contribution in [0.1, 0.15) is 18.9 Å². The average Bonchev–Trinajstić information content (AvgIpc) is 2.26. The van der Waals surface area contributed by atoms with E-state index in [0.29, 0.717) is 6.04 Å². The van der Waals surface area contributed by atoms with Crippen molar-refractivity contribution in [2.75, 3.05) is 0 Å². The van der Waals surface area contributed by atoms with Gasteiger partial charge in [0.05, 0.1) is 8.07 Å². The first-order chi connectivity index (χ1) is 7.93. The number of hydrogen-bond acceptors (Lipinski definition) is 1. The van der Waals surface area contributed by atoms with E-state index in [9.17, 15) is 0 Å². The molecular weight excluding hydrogens is 222 g/mol. The predicted molar refractivity (Wildman–Crippen MR) is 80.5 cm³/mol. The third kappa shape index (κ3) is 4.88. The SMILES string of the molecule is C=CCC(C)NCc1ccc([Si](C)(C)C)cc1. The van der Waals surface area contributed by atoms with Crippen molar-refractivity contribution in [1.82, 2.24) is 5.32 Å². The molecule has 1 N–H and O–H groups in total. The summed E-state index contributed by atoms with van der Waals surface area (Å²) in [6, 6.07) is 9.59. The summed E-state index contributed by atoms with van der Waals surface area (Å²) in [7, 11) is -1.15. The molecule has 1 rings (SSSR count). The molecule has 0 aliphatic carbocycles. The third-order valence-electron chi connectivity index (χ3n) is 2.99. The molecule has 1 aromatic rings. The molecule has 0 fully saturated rings. The lowest BCUT2D eigenvalue weighted by molar-refractivity contribution is 0.554. The predicted octanol–water partition coefficient (Wildman–Crippen LogP) is 3.29. The molecule has 0 heterocycles. The average molecular weight is 247 g/mol. The van der Waals surface area contributed by atoms with Crippen molar-refractivity contribution in [2.45, 2.75) is 45.6 Å². The van der Waals surface area contributed by atoms with Crippen LogP contribution in [0, 0.1) is 0 Å². The van der Waals surface area contributed by atoms with Crippen molar-refractivity contribution >= 4 is 13.3 Å². The van der Waals surface area contributed by atoms with Gasteiger partial charge in [-0.2, -0.15) is 0 Å². The Morgan fingerprint density at radius 3 is 2.29 bits per heavy atom. The van der Waals surface area contributed by atoms with Crippen LogP contribution in [-0.2, 0) is 6.54 Å². The molecular formula is C15H25NSi. The molecule has 1 atom stereocenters. The summed E-state index contributed by atoms with van der Waals surface area (Å²) in [6.07, 6.45) is 2.99. The zero-order valence-corrected chi connectivity index (χ0v) is 12.6. The Kier molecular flexibility index (Phi) is 5.16. The van der Waals surface area contributed by atoms with Gasteiger partial charge in [-0.3, -0.25) is 0 Å². The first kappa shape index (κ1) is 14.2. The first-order valence-corrected chi connectivity index (χ1v) is 9.87. The van der Waals surface area contributed by atoms with Crippen molar-refractivity contribution in [2.24, 2.45) is 0 Å². The zero-order chi connectivity index (χ0) is 12.9. The van der Waals surface area contributed by atoms with E-state index >= 15 is 0 Å². The second-order valence-corrected chi connectivity index (χ2v) is 10.8. The maximum Gasteiger partial charge on any atom is 0.0775 e. The van der Waals surface area contributed by atoms with E-state index in [2.05, 4.69) is 62.7 Å². The highest BCUT2D eigenvalue weighted by Crippen LogP contribution is 2.05. The monoisotopic (exact) mass is 247 g/mol. The largest absolute Gasteiger partial charge is 0.310 e. The highest BCUT2D eigenvalue weighted by atomic mass is 28.3. The molecule has 94 valence electrons. The van der Waals surface area contributed by atoms with Crippen LogP contribution < -0.4 is 10.5 Å². The van der Waals surface area contributed by atoms with Crippen molar-refractivity contribution in [3.05, 3.63) is 42.5 Å². The Bertz CT molecular complexity index is 348. The van der Waals surface area contributed by atoms with Gasteiger partial charge < -0.3 is 5.32 Å². The van der Waals surface area contributed by atoms with E-state index in [4.69, 9.17) is 0 Å². The van der Waals surface area contributed by atoms with Crippen LogP contribution in [0.4, 0.5) is 0 Å². The number of benzene rings is 1. The minimum absolute atomic E-state index is 0.504. The number of rotatable bonds is 6. The minimum atomic E-state index is -1.15. The van der Waals surface area contributed by atoms with E-state index in [1.165, 1.54) is 10.8 Å². The molecule has 0 saturated carbocycles. The molecule has 0 aromatic heterocycles. The topological polar surface area (TPSA) is 12.0 Å². The Morgan fingerprint density at radius 1 is 1.24 bits per heavy atom. The van der Waals surface area contributed by atoms with Crippen LogP contribution in [0.25, 0.3) is 0 Å². The smallest absolute Gasteiger partial charge is 0.0775 e. The molecule has 0 spiro atoms. The second-order valence-electron chi connectivity index (χ2n) is 5.75. The highest BCUT2D eigenvalue weighted by Gasteiger charge is 2.15. The van der Waals surface area contributed by atoms with E-state index in [-0.39, 0.29) is 0 Å². The highest BCUT2D eigenvalue weighted by molar-refractivity contribution is 6.88. The van der Waals surface area contributed by atoms with Gasteiger partial charge in [-0.05, 0) is 18.9 Å². The number of hydrogen-bond donors (Lipinski definition) is 1. The lowest BCUT2D eigenvalue weighted by Crippen LogP contribution is -2.37. The van der Waals surface area contributed by atoms with Crippen molar-refractivity contribution in [1.29, 1.82) is 0 Å². The Balaban J connectivity index is 2.54. The molecule has 17 heavy (non-hydrogen) atoms. The number of nitrogens with one attached hydrogen (secondary N) is 1. The van der Waals surface area contributed by atoms with Gasteiger partial charge in [0, 0.05) is 12.6 Å². The summed E-state index contributed by atoms with van der Waals surface area (Å²) in [4.78, 5) is 0. The van der Waals surface area contributed by atoms with Crippen LogP contribution >= 0.6 is 0 Å². The summed E-state index contributed by atoms with van der Waals surface area (Å²) < 4.78 is 0. The molecule has 2 heteroatoms. The van der Waals surface area contributed by atoms with E-state index < -0.39 is 8.07 Å². The van der Waals surface area contributed by atoms with Crippen LogP contribution in [0.5, 0.6) is 0 Å².